The maximum atomic E-state index is 8.36. The molecule has 0 saturated carbocycles. The largest absolute Gasteiger partial charge is 0.483 e. The van der Waals surface area contributed by atoms with Crippen molar-refractivity contribution in [3.63, 3.8) is 0 Å². The van der Waals surface area contributed by atoms with Crippen molar-refractivity contribution in [2.24, 2.45) is 5.92 Å². The summed E-state index contributed by atoms with van der Waals surface area (Å²) in [5, 5.41) is 14.6. The van der Waals surface area contributed by atoms with Gasteiger partial charge in [0.2, 0.25) is 0 Å². The SMILES string of the molecule is Clc1ccncc1CN1CCC(Cn2ccnc2)CC1.O=CO.O=CO. The number of pyridine rings is 1. The first kappa shape index (κ1) is 21.6. The predicted molar refractivity (Wildman–Crippen MR) is 96.9 cm³/mol. The Balaban J connectivity index is 0.000000499. The molecule has 142 valence electrons. The standard InChI is InChI=1S/C15H19ClN4.2CH2O2/c16-15-1-4-17-9-14(15)11-19-6-2-13(3-7-19)10-20-8-5-18-12-20;2*2-1-3/h1,4-5,8-9,12-13H,2-3,6-7,10-11H2;2*1H,(H,2,3). The first-order valence-corrected chi connectivity index (χ1v) is 8.44. The van der Waals surface area contributed by atoms with E-state index in [-0.39, 0.29) is 12.9 Å². The van der Waals surface area contributed by atoms with Crippen LogP contribution >= 0.6 is 11.6 Å². The highest BCUT2D eigenvalue weighted by Gasteiger charge is 2.20. The minimum absolute atomic E-state index is 0.250. The van der Waals surface area contributed by atoms with E-state index in [1.165, 1.54) is 12.8 Å². The Morgan fingerprint density at radius 3 is 2.35 bits per heavy atom. The third-order valence-corrected chi connectivity index (χ3v) is 4.34. The van der Waals surface area contributed by atoms with Gasteiger partial charge in [-0.3, -0.25) is 19.5 Å². The number of likely N-dealkylation sites (tertiary alicyclic amines) is 1. The van der Waals surface area contributed by atoms with Crippen LogP contribution in [0.1, 0.15) is 18.4 Å². The third-order valence-electron chi connectivity index (χ3n) is 3.97. The van der Waals surface area contributed by atoms with Crippen LogP contribution in [-0.4, -0.2) is 55.7 Å². The van der Waals surface area contributed by atoms with Gasteiger partial charge in [-0.2, -0.15) is 0 Å². The zero-order valence-electron chi connectivity index (χ0n) is 14.3. The molecule has 0 aromatic carbocycles. The van der Waals surface area contributed by atoms with Crippen LogP contribution in [0.25, 0.3) is 0 Å². The van der Waals surface area contributed by atoms with E-state index in [2.05, 4.69) is 19.4 Å². The molecule has 0 unspecified atom stereocenters. The van der Waals surface area contributed by atoms with E-state index in [1.54, 1.807) is 6.20 Å². The van der Waals surface area contributed by atoms with Gasteiger partial charge < -0.3 is 14.8 Å². The lowest BCUT2D eigenvalue weighted by molar-refractivity contribution is -0.123. The minimum atomic E-state index is -0.250. The Hall–Kier alpha value is -2.45. The second kappa shape index (κ2) is 12.8. The van der Waals surface area contributed by atoms with Crippen LogP contribution in [-0.2, 0) is 22.7 Å². The van der Waals surface area contributed by atoms with Crippen LogP contribution in [0.15, 0.2) is 37.2 Å². The predicted octanol–water partition coefficient (Wildman–Crippen LogP) is 2.25. The lowest BCUT2D eigenvalue weighted by Gasteiger charge is -2.32. The van der Waals surface area contributed by atoms with Gasteiger partial charge in [0.15, 0.2) is 0 Å². The number of rotatable bonds is 4. The average Bonchev–Trinajstić information content (AvgIpc) is 3.13. The number of halogens is 1. The Kier molecular flexibility index (Phi) is 10.7. The molecule has 8 nitrogen and oxygen atoms in total. The molecule has 0 amide bonds. The van der Waals surface area contributed by atoms with Gasteiger partial charge in [0.1, 0.15) is 0 Å². The Labute approximate surface area is 157 Å². The number of imidazole rings is 1. The molecule has 0 radical (unpaired) electrons. The fraction of sp³-hybridized carbons (Fsp3) is 0.412. The molecule has 0 atom stereocenters. The van der Waals surface area contributed by atoms with E-state index in [0.29, 0.717) is 0 Å². The topological polar surface area (TPSA) is 109 Å². The van der Waals surface area contributed by atoms with Crippen molar-refractivity contribution in [1.29, 1.82) is 0 Å². The summed E-state index contributed by atoms with van der Waals surface area (Å²) in [6.45, 7) is 3.75. The van der Waals surface area contributed by atoms with E-state index in [4.69, 9.17) is 31.4 Å². The molecule has 1 saturated heterocycles. The van der Waals surface area contributed by atoms with Crippen LogP contribution in [0.3, 0.4) is 0 Å². The van der Waals surface area contributed by atoms with Gasteiger partial charge in [-0.15, -0.1) is 0 Å². The number of piperidine rings is 1. The molecule has 0 aliphatic carbocycles. The van der Waals surface area contributed by atoms with Crippen LogP contribution in [0.2, 0.25) is 5.02 Å². The number of carbonyl (C=O) groups is 2. The molecule has 26 heavy (non-hydrogen) atoms. The summed E-state index contributed by atoms with van der Waals surface area (Å²) in [7, 11) is 0. The van der Waals surface area contributed by atoms with Crippen molar-refractivity contribution in [3.05, 3.63) is 47.8 Å². The molecule has 2 aromatic heterocycles. The zero-order valence-corrected chi connectivity index (χ0v) is 15.1. The summed E-state index contributed by atoms with van der Waals surface area (Å²) in [5.74, 6) is 0.754. The van der Waals surface area contributed by atoms with E-state index in [1.807, 2.05) is 31.0 Å². The lowest BCUT2D eigenvalue weighted by atomic mass is 9.96. The van der Waals surface area contributed by atoms with Crippen molar-refractivity contribution in [2.75, 3.05) is 13.1 Å². The highest BCUT2D eigenvalue weighted by atomic mass is 35.5. The fourth-order valence-electron chi connectivity index (χ4n) is 2.79. The maximum Gasteiger partial charge on any atom is 0.290 e. The second-order valence-electron chi connectivity index (χ2n) is 5.66. The molecule has 9 heteroatoms. The first-order valence-electron chi connectivity index (χ1n) is 8.06. The molecule has 0 bridgehead atoms. The molecular weight excluding hydrogens is 360 g/mol. The van der Waals surface area contributed by atoms with Gasteiger partial charge >= 0.3 is 0 Å². The Bertz CT molecular complexity index is 625. The van der Waals surface area contributed by atoms with Gasteiger partial charge in [0.05, 0.1) is 6.33 Å². The normalized spacial score (nSPS) is 14.3. The molecule has 0 spiro atoms. The Morgan fingerprint density at radius 2 is 1.81 bits per heavy atom. The van der Waals surface area contributed by atoms with Gasteiger partial charge in [-0.25, -0.2) is 4.98 Å². The summed E-state index contributed by atoms with van der Waals surface area (Å²) in [4.78, 5) is 27.4. The summed E-state index contributed by atoms with van der Waals surface area (Å²) in [6.07, 6.45) is 11.9. The monoisotopic (exact) mass is 382 g/mol. The Morgan fingerprint density at radius 1 is 1.15 bits per heavy atom. The van der Waals surface area contributed by atoms with Crippen molar-refractivity contribution in [3.8, 4) is 0 Å². The molecular formula is C17H23ClN4O4. The van der Waals surface area contributed by atoms with E-state index < -0.39 is 0 Å². The van der Waals surface area contributed by atoms with Gasteiger partial charge in [0, 0.05) is 48.5 Å². The van der Waals surface area contributed by atoms with Crippen LogP contribution in [0.5, 0.6) is 0 Å². The van der Waals surface area contributed by atoms with Crippen molar-refractivity contribution in [2.45, 2.75) is 25.9 Å². The van der Waals surface area contributed by atoms with E-state index in [9.17, 15) is 0 Å². The number of hydrogen-bond donors (Lipinski definition) is 2. The maximum absolute atomic E-state index is 8.36. The average molecular weight is 383 g/mol. The highest BCUT2D eigenvalue weighted by Crippen LogP contribution is 2.22. The van der Waals surface area contributed by atoms with Crippen LogP contribution in [0, 0.1) is 5.92 Å². The van der Waals surface area contributed by atoms with Crippen LogP contribution in [0.4, 0.5) is 0 Å². The second-order valence-corrected chi connectivity index (χ2v) is 6.06. The van der Waals surface area contributed by atoms with Crippen molar-refractivity contribution >= 4 is 24.5 Å². The van der Waals surface area contributed by atoms with Crippen molar-refractivity contribution < 1.29 is 19.8 Å². The number of hydrogen-bond acceptors (Lipinski definition) is 5. The molecule has 1 aliphatic heterocycles. The first-order chi connectivity index (χ1) is 12.6. The fourth-order valence-corrected chi connectivity index (χ4v) is 2.95. The van der Waals surface area contributed by atoms with E-state index in [0.717, 1.165) is 42.7 Å². The summed E-state index contributed by atoms with van der Waals surface area (Å²) < 4.78 is 2.18. The van der Waals surface area contributed by atoms with Gasteiger partial charge in [-0.05, 0) is 37.9 Å². The number of aromatic nitrogens is 3. The molecule has 2 aromatic rings. The number of nitrogens with zero attached hydrogens (tertiary/aromatic N) is 4. The van der Waals surface area contributed by atoms with Gasteiger partial charge in [-0.1, -0.05) is 11.6 Å². The third kappa shape index (κ3) is 8.09. The highest BCUT2D eigenvalue weighted by molar-refractivity contribution is 6.31. The number of carboxylic acid groups (broad SMARTS) is 2. The summed E-state index contributed by atoms with van der Waals surface area (Å²) in [6, 6.07) is 1.86. The smallest absolute Gasteiger partial charge is 0.290 e. The molecule has 1 fully saturated rings. The molecule has 3 heterocycles. The van der Waals surface area contributed by atoms with Gasteiger partial charge in [0.25, 0.3) is 12.9 Å². The molecule has 2 N–H and O–H groups in total. The molecule has 3 rings (SSSR count). The minimum Gasteiger partial charge on any atom is -0.483 e. The molecule has 1 aliphatic rings. The van der Waals surface area contributed by atoms with Crippen molar-refractivity contribution in [1.82, 2.24) is 19.4 Å². The summed E-state index contributed by atoms with van der Waals surface area (Å²) >= 11 is 6.19. The van der Waals surface area contributed by atoms with E-state index >= 15 is 0 Å². The summed E-state index contributed by atoms with van der Waals surface area (Å²) in [5.41, 5.74) is 1.13. The lowest BCUT2D eigenvalue weighted by Crippen LogP contribution is -2.34. The zero-order chi connectivity index (χ0) is 19.2. The van der Waals surface area contributed by atoms with Crippen LogP contribution < -0.4 is 0 Å². The quantitative estimate of drug-likeness (QED) is 0.780.